The van der Waals surface area contributed by atoms with Crippen molar-refractivity contribution in [1.29, 1.82) is 0 Å². The number of hydrogen-bond donors (Lipinski definition) is 0. The summed E-state index contributed by atoms with van der Waals surface area (Å²) in [6, 6.07) is 8.66. The quantitative estimate of drug-likeness (QED) is 0.283. The van der Waals surface area contributed by atoms with Crippen LogP contribution in [0.15, 0.2) is 47.6 Å². The van der Waals surface area contributed by atoms with Gasteiger partial charge < -0.3 is 4.43 Å². The Balaban J connectivity index is 1.55. The fourth-order valence-corrected chi connectivity index (χ4v) is 7.92. The lowest BCUT2D eigenvalue weighted by molar-refractivity contribution is 0.182. The molecule has 5 rings (SSSR count). The molecule has 0 amide bonds. The molecule has 0 bridgehead atoms. The molecule has 10 heteroatoms. The van der Waals surface area contributed by atoms with Crippen molar-refractivity contribution < 1.29 is 12.8 Å². The molecule has 3 aromatic heterocycles. The topological polar surface area (TPSA) is 91.4 Å². The Morgan fingerprint density at radius 3 is 2.43 bits per heavy atom. The molecule has 3 heterocycles. The zero-order chi connectivity index (χ0) is 26.8. The molecule has 37 heavy (non-hydrogen) atoms. The lowest BCUT2D eigenvalue weighted by atomic mass is 9.93. The fourth-order valence-electron chi connectivity index (χ4n) is 5.24. The van der Waals surface area contributed by atoms with Crippen molar-refractivity contribution in [3.8, 4) is 0 Å². The third-order valence-electron chi connectivity index (χ3n) is 8.41. The molecule has 1 aromatic carbocycles. The van der Waals surface area contributed by atoms with Crippen molar-refractivity contribution in [3.05, 3.63) is 54.1 Å². The van der Waals surface area contributed by atoms with Crippen LogP contribution in [0.1, 0.15) is 64.3 Å². The van der Waals surface area contributed by atoms with E-state index in [2.05, 4.69) is 56.0 Å². The van der Waals surface area contributed by atoms with E-state index in [4.69, 9.17) is 4.43 Å². The maximum absolute atomic E-state index is 13.5. The molecule has 1 aliphatic rings. The average Bonchev–Trinajstić information content (AvgIpc) is 3.53. The van der Waals surface area contributed by atoms with Gasteiger partial charge >= 0.3 is 0 Å². The van der Waals surface area contributed by atoms with Gasteiger partial charge in [-0.25, -0.2) is 17.4 Å². The number of nitrogens with zero attached hydrogens (tertiary/aromatic N) is 5. The van der Waals surface area contributed by atoms with Gasteiger partial charge in [-0.3, -0.25) is 4.40 Å². The minimum Gasteiger partial charge on any atom is -0.414 e. The van der Waals surface area contributed by atoms with Crippen molar-refractivity contribution in [2.75, 3.05) is 0 Å². The average molecular weight is 540 g/mol. The molecule has 3 unspecified atom stereocenters. The van der Waals surface area contributed by atoms with Crippen LogP contribution in [0.2, 0.25) is 18.1 Å². The molecular weight excluding hydrogens is 502 g/mol. The van der Waals surface area contributed by atoms with E-state index in [1.807, 2.05) is 11.3 Å². The second-order valence-corrected chi connectivity index (χ2v) is 18.5. The monoisotopic (exact) mass is 539 g/mol. The molecule has 3 atom stereocenters. The second kappa shape index (κ2) is 9.02. The van der Waals surface area contributed by atoms with Crippen LogP contribution in [-0.2, 0) is 14.4 Å². The summed E-state index contributed by atoms with van der Waals surface area (Å²) < 4.78 is 37.0. The highest BCUT2D eigenvalue weighted by molar-refractivity contribution is 7.90. The Bertz CT molecular complexity index is 1550. The molecule has 0 spiro atoms. The Morgan fingerprint density at radius 1 is 1.08 bits per heavy atom. The molecule has 0 aliphatic heterocycles. The van der Waals surface area contributed by atoms with Crippen LogP contribution in [0.25, 0.3) is 16.8 Å². The van der Waals surface area contributed by atoms with Gasteiger partial charge in [0.25, 0.3) is 10.0 Å². The van der Waals surface area contributed by atoms with Crippen LogP contribution < -0.4 is 0 Å². The molecule has 1 saturated carbocycles. The highest BCUT2D eigenvalue weighted by atomic mass is 32.2. The van der Waals surface area contributed by atoms with Crippen molar-refractivity contribution in [2.24, 2.45) is 5.92 Å². The Hall–Kier alpha value is -2.56. The first-order chi connectivity index (χ1) is 17.3. The summed E-state index contributed by atoms with van der Waals surface area (Å²) in [5, 5.41) is 9.19. The van der Waals surface area contributed by atoms with E-state index in [1.54, 1.807) is 42.7 Å². The van der Waals surface area contributed by atoms with Gasteiger partial charge in [-0.1, -0.05) is 51.8 Å². The number of fused-ring (bicyclic) bond motifs is 3. The highest BCUT2D eigenvalue weighted by Crippen LogP contribution is 2.46. The third-order valence-corrected chi connectivity index (χ3v) is 14.6. The number of hydrogen-bond acceptors (Lipinski definition) is 6. The zero-order valence-electron chi connectivity index (χ0n) is 22.8. The van der Waals surface area contributed by atoms with Gasteiger partial charge in [0.2, 0.25) is 0 Å². The van der Waals surface area contributed by atoms with Crippen LogP contribution in [0.4, 0.5) is 0 Å². The minimum atomic E-state index is -3.80. The molecule has 8 nitrogen and oxygen atoms in total. The Kier molecular flexibility index (Phi) is 6.36. The van der Waals surface area contributed by atoms with Crippen molar-refractivity contribution >= 4 is 35.2 Å². The SMILES string of the molecule is CCC1CC(O[Si](C)(C)C(C)(C)C)CC1c1nnc2cnc3c(ccn3S(=O)(=O)c3ccc(C)cc3)n12. The first-order valence-corrected chi connectivity index (χ1v) is 17.4. The summed E-state index contributed by atoms with van der Waals surface area (Å²) in [6.07, 6.45) is 6.28. The van der Waals surface area contributed by atoms with Gasteiger partial charge in [0.05, 0.1) is 16.6 Å². The van der Waals surface area contributed by atoms with Crippen molar-refractivity contribution in [1.82, 2.24) is 23.6 Å². The molecule has 1 fully saturated rings. The van der Waals surface area contributed by atoms with Crippen molar-refractivity contribution in [2.45, 2.75) is 88.9 Å². The number of aryl methyl sites for hydroxylation is 1. The highest BCUT2D eigenvalue weighted by Gasteiger charge is 2.44. The van der Waals surface area contributed by atoms with E-state index in [1.165, 1.54) is 3.97 Å². The number of benzene rings is 1. The molecule has 198 valence electrons. The van der Waals surface area contributed by atoms with Crippen LogP contribution in [-0.4, -0.2) is 46.4 Å². The van der Waals surface area contributed by atoms with Crippen LogP contribution in [0.5, 0.6) is 0 Å². The first kappa shape index (κ1) is 26.1. The van der Waals surface area contributed by atoms with E-state index in [9.17, 15) is 8.42 Å². The predicted molar refractivity (Wildman–Crippen MR) is 148 cm³/mol. The number of aromatic nitrogens is 5. The van der Waals surface area contributed by atoms with Gasteiger partial charge in [-0.2, -0.15) is 0 Å². The first-order valence-electron chi connectivity index (χ1n) is 13.0. The summed E-state index contributed by atoms with van der Waals surface area (Å²) in [4.78, 5) is 4.72. The van der Waals surface area contributed by atoms with E-state index in [0.29, 0.717) is 22.7 Å². The van der Waals surface area contributed by atoms with Gasteiger partial charge in [0.15, 0.2) is 19.6 Å². The van der Waals surface area contributed by atoms with Crippen LogP contribution >= 0.6 is 0 Å². The Labute approximate surface area is 220 Å². The van der Waals surface area contributed by atoms with Gasteiger partial charge in [-0.05, 0) is 62.0 Å². The molecule has 0 radical (unpaired) electrons. The molecular formula is C27H37N5O3SSi. The Morgan fingerprint density at radius 2 is 1.78 bits per heavy atom. The molecule has 4 aromatic rings. The van der Waals surface area contributed by atoms with Gasteiger partial charge in [0.1, 0.15) is 5.82 Å². The summed E-state index contributed by atoms with van der Waals surface area (Å²) in [5.41, 5.74) is 2.69. The smallest absolute Gasteiger partial charge is 0.269 e. The maximum Gasteiger partial charge on any atom is 0.269 e. The maximum atomic E-state index is 13.5. The largest absolute Gasteiger partial charge is 0.414 e. The standard InChI is InChI=1S/C27H37N5O3SSi/c1-8-19-15-20(35-37(6,7)27(3,4)5)16-22(19)25-30-29-24-17-28-26-23(32(24)25)13-14-31(26)36(33,34)21-11-9-18(2)10-12-21/h9-14,17,19-20,22H,8,15-16H2,1-7H3. The van der Waals surface area contributed by atoms with E-state index >= 15 is 0 Å². The van der Waals surface area contributed by atoms with E-state index < -0.39 is 18.3 Å². The normalized spacial score (nSPS) is 21.3. The predicted octanol–water partition coefficient (Wildman–Crippen LogP) is 5.92. The summed E-state index contributed by atoms with van der Waals surface area (Å²) >= 11 is 0. The van der Waals surface area contributed by atoms with Gasteiger partial charge in [0, 0.05) is 18.2 Å². The summed E-state index contributed by atoms with van der Waals surface area (Å²) in [7, 11) is -5.70. The fraction of sp³-hybridized carbons (Fsp3) is 0.519. The summed E-state index contributed by atoms with van der Waals surface area (Å²) in [5.74, 6) is 1.46. The lowest BCUT2D eigenvalue weighted by Gasteiger charge is -2.38. The minimum absolute atomic E-state index is 0.151. The summed E-state index contributed by atoms with van der Waals surface area (Å²) in [6.45, 7) is 15.6. The molecule has 0 saturated heterocycles. The van der Waals surface area contributed by atoms with E-state index in [-0.39, 0.29) is 22.0 Å². The third kappa shape index (κ3) is 4.42. The molecule has 0 N–H and O–H groups in total. The number of rotatable bonds is 6. The molecule has 1 aliphatic carbocycles. The van der Waals surface area contributed by atoms with Crippen LogP contribution in [0.3, 0.4) is 0 Å². The van der Waals surface area contributed by atoms with Crippen molar-refractivity contribution in [3.63, 3.8) is 0 Å². The lowest BCUT2D eigenvalue weighted by Crippen LogP contribution is -2.43. The second-order valence-electron chi connectivity index (χ2n) is 11.9. The van der Waals surface area contributed by atoms with Gasteiger partial charge in [-0.15, -0.1) is 10.2 Å². The van der Waals surface area contributed by atoms with E-state index in [0.717, 1.165) is 30.7 Å². The zero-order valence-corrected chi connectivity index (χ0v) is 24.6. The van der Waals surface area contributed by atoms with Crippen LogP contribution in [0, 0.1) is 12.8 Å².